The van der Waals surface area contributed by atoms with Crippen LogP contribution in [0, 0.1) is 5.82 Å². The van der Waals surface area contributed by atoms with Crippen molar-refractivity contribution in [3.05, 3.63) is 58.5 Å². The minimum atomic E-state index is -0.997. The minimum Gasteiger partial charge on any atom is -0.480 e. The van der Waals surface area contributed by atoms with Crippen LogP contribution in [-0.2, 0) is 38.5 Å². The van der Waals surface area contributed by atoms with Gasteiger partial charge in [-0.1, -0.05) is 18.2 Å². The molecule has 8 nitrogen and oxygen atoms in total. The number of ether oxygens (including phenoxy) is 3. The van der Waals surface area contributed by atoms with Crippen LogP contribution in [0.4, 0.5) is 10.2 Å². The Labute approximate surface area is 223 Å². The molecule has 2 saturated heterocycles. The molecule has 0 saturated carbocycles. The molecule has 0 bridgehead atoms. The zero-order chi connectivity index (χ0) is 26.5. The number of rotatable bonds is 12. The lowest BCUT2D eigenvalue weighted by molar-refractivity contribution is -0.205. The highest BCUT2D eigenvalue weighted by molar-refractivity contribution is 5.76. The van der Waals surface area contributed by atoms with Gasteiger partial charge in [0.2, 0.25) is 0 Å². The molecule has 2 aromatic rings. The van der Waals surface area contributed by atoms with Gasteiger partial charge in [-0.3, -0.25) is 9.69 Å². The molecular formula is C29H38FN3O5. The largest absolute Gasteiger partial charge is 0.480 e. The maximum Gasteiger partial charge on any atom is 0.325 e. The molecule has 2 fully saturated rings. The molecule has 38 heavy (non-hydrogen) atoms. The standard InChI is InChI=1S/C29H38FN3O5/c1-29(18-36-19-29)38-17-24-23(8-4-9-25(24)30)26(28(34)35)33-14-12-22(16-33)37-15-3-2-7-21-11-10-20-6-5-13-31-27(20)32-21/h4,8-11,22,26H,2-3,5-7,12-19H2,1H3,(H,31,32)(H,34,35). The highest BCUT2D eigenvalue weighted by Crippen LogP contribution is 2.32. The first-order chi connectivity index (χ1) is 18.4. The Morgan fingerprint density at radius 1 is 1.32 bits per heavy atom. The summed E-state index contributed by atoms with van der Waals surface area (Å²) in [6.45, 7) is 5.51. The van der Waals surface area contributed by atoms with Crippen molar-refractivity contribution >= 4 is 11.8 Å². The highest BCUT2D eigenvalue weighted by Gasteiger charge is 2.38. The maximum absolute atomic E-state index is 14.8. The topological polar surface area (TPSA) is 93.2 Å². The number of benzene rings is 1. The monoisotopic (exact) mass is 527 g/mol. The molecule has 2 N–H and O–H groups in total. The van der Waals surface area contributed by atoms with Crippen molar-refractivity contribution in [2.24, 2.45) is 0 Å². The number of hydrogen-bond acceptors (Lipinski definition) is 7. The fourth-order valence-corrected chi connectivity index (χ4v) is 5.48. The van der Waals surface area contributed by atoms with Crippen LogP contribution in [0.5, 0.6) is 0 Å². The summed E-state index contributed by atoms with van der Waals surface area (Å²) in [5.41, 5.74) is 2.67. The van der Waals surface area contributed by atoms with Crippen LogP contribution in [0.3, 0.4) is 0 Å². The Bertz CT molecular complexity index is 1130. The number of nitrogens with zero attached hydrogens (tertiary/aromatic N) is 2. The number of anilines is 1. The maximum atomic E-state index is 14.8. The molecule has 0 amide bonds. The molecule has 0 radical (unpaired) electrons. The van der Waals surface area contributed by atoms with Crippen LogP contribution in [0.15, 0.2) is 30.3 Å². The third-order valence-corrected chi connectivity index (χ3v) is 7.74. The second kappa shape index (κ2) is 12.1. The van der Waals surface area contributed by atoms with Crippen LogP contribution in [0.2, 0.25) is 0 Å². The van der Waals surface area contributed by atoms with Gasteiger partial charge in [0.05, 0.1) is 25.9 Å². The number of unbranched alkanes of at least 4 members (excludes halogenated alkanes) is 1. The van der Waals surface area contributed by atoms with Gasteiger partial charge in [0.15, 0.2) is 0 Å². The number of aromatic nitrogens is 1. The van der Waals surface area contributed by atoms with E-state index in [1.165, 1.54) is 11.6 Å². The zero-order valence-electron chi connectivity index (χ0n) is 22.1. The summed E-state index contributed by atoms with van der Waals surface area (Å²) in [6.07, 6.45) is 5.76. The molecule has 206 valence electrons. The van der Waals surface area contributed by atoms with E-state index in [0.29, 0.717) is 44.0 Å². The molecule has 1 aromatic carbocycles. The molecular weight excluding hydrogens is 489 g/mol. The van der Waals surface area contributed by atoms with E-state index in [0.717, 1.165) is 56.6 Å². The Kier molecular flexibility index (Phi) is 8.57. The number of pyridine rings is 1. The number of likely N-dealkylation sites (tertiary alicyclic amines) is 1. The van der Waals surface area contributed by atoms with E-state index in [1.807, 2.05) is 11.8 Å². The van der Waals surface area contributed by atoms with Crippen LogP contribution >= 0.6 is 0 Å². The number of fused-ring (bicyclic) bond motifs is 1. The molecule has 4 heterocycles. The number of aliphatic carboxylic acids is 1. The fourth-order valence-electron chi connectivity index (χ4n) is 5.48. The van der Waals surface area contributed by atoms with Crippen molar-refractivity contribution in [3.63, 3.8) is 0 Å². The predicted octanol–water partition coefficient (Wildman–Crippen LogP) is 4.12. The van der Waals surface area contributed by atoms with Crippen molar-refractivity contribution in [1.29, 1.82) is 0 Å². The van der Waals surface area contributed by atoms with Gasteiger partial charge < -0.3 is 24.6 Å². The summed E-state index contributed by atoms with van der Waals surface area (Å²) < 4.78 is 32.1. The van der Waals surface area contributed by atoms with Crippen molar-refractivity contribution in [2.45, 2.75) is 69.8 Å². The Morgan fingerprint density at radius 2 is 2.18 bits per heavy atom. The average molecular weight is 528 g/mol. The van der Waals surface area contributed by atoms with Crippen LogP contribution in [0.25, 0.3) is 0 Å². The number of hydrogen-bond donors (Lipinski definition) is 2. The quantitative estimate of drug-likeness (QED) is 0.398. The highest BCUT2D eigenvalue weighted by atomic mass is 19.1. The van der Waals surface area contributed by atoms with Crippen molar-refractivity contribution in [3.8, 4) is 0 Å². The van der Waals surface area contributed by atoms with Gasteiger partial charge in [0, 0.05) is 37.5 Å². The van der Waals surface area contributed by atoms with Gasteiger partial charge in [-0.2, -0.15) is 0 Å². The van der Waals surface area contributed by atoms with E-state index in [1.54, 1.807) is 12.1 Å². The molecule has 0 aliphatic carbocycles. The molecule has 5 rings (SSSR count). The van der Waals surface area contributed by atoms with Gasteiger partial charge >= 0.3 is 5.97 Å². The van der Waals surface area contributed by atoms with Crippen molar-refractivity contribution in [1.82, 2.24) is 9.88 Å². The molecule has 2 unspecified atom stereocenters. The lowest BCUT2D eigenvalue weighted by Gasteiger charge is -2.38. The lowest BCUT2D eigenvalue weighted by Crippen LogP contribution is -2.49. The number of carbonyl (C=O) groups is 1. The average Bonchev–Trinajstić information content (AvgIpc) is 3.35. The predicted molar refractivity (Wildman–Crippen MR) is 141 cm³/mol. The van der Waals surface area contributed by atoms with Crippen LogP contribution in [0.1, 0.15) is 61.0 Å². The van der Waals surface area contributed by atoms with Crippen molar-refractivity contribution < 1.29 is 28.5 Å². The van der Waals surface area contributed by atoms with Gasteiger partial charge in [-0.25, -0.2) is 9.37 Å². The van der Waals surface area contributed by atoms with Gasteiger partial charge in [-0.05, 0) is 68.7 Å². The summed E-state index contributed by atoms with van der Waals surface area (Å²) in [6, 6.07) is 7.97. The summed E-state index contributed by atoms with van der Waals surface area (Å²) in [5.74, 6) is -0.417. The van der Waals surface area contributed by atoms with Crippen molar-refractivity contribution in [2.75, 3.05) is 44.8 Å². The molecule has 1 aromatic heterocycles. The normalized spacial score (nSPS) is 21.4. The summed E-state index contributed by atoms with van der Waals surface area (Å²) in [4.78, 5) is 19.0. The summed E-state index contributed by atoms with van der Waals surface area (Å²) >= 11 is 0. The van der Waals surface area contributed by atoms with E-state index in [9.17, 15) is 14.3 Å². The zero-order valence-corrected chi connectivity index (χ0v) is 22.1. The molecule has 3 aliphatic rings. The molecule has 0 spiro atoms. The first-order valence-corrected chi connectivity index (χ1v) is 13.7. The van der Waals surface area contributed by atoms with Crippen LogP contribution in [-0.4, -0.2) is 72.1 Å². The van der Waals surface area contributed by atoms with Gasteiger partial charge in [0.25, 0.3) is 0 Å². The smallest absolute Gasteiger partial charge is 0.325 e. The first kappa shape index (κ1) is 27.0. The number of carboxylic acids is 1. The second-order valence-corrected chi connectivity index (χ2v) is 10.9. The van der Waals surface area contributed by atoms with Gasteiger partial charge in [-0.15, -0.1) is 0 Å². The summed E-state index contributed by atoms with van der Waals surface area (Å²) in [7, 11) is 0. The molecule has 2 atom stereocenters. The van der Waals surface area contributed by atoms with E-state index in [-0.39, 0.29) is 12.7 Å². The van der Waals surface area contributed by atoms with E-state index in [2.05, 4.69) is 17.4 Å². The second-order valence-electron chi connectivity index (χ2n) is 10.9. The summed E-state index contributed by atoms with van der Waals surface area (Å²) in [5, 5.41) is 13.5. The van der Waals surface area contributed by atoms with E-state index < -0.39 is 23.4 Å². The number of halogens is 1. The first-order valence-electron chi connectivity index (χ1n) is 13.7. The Morgan fingerprint density at radius 3 is 2.97 bits per heavy atom. The van der Waals surface area contributed by atoms with Gasteiger partial charge in [0.1, 0.15) is 23.3 Å². The number of aryl methyl sites for hydroxylation is 2. The Hall–Kier alpha value is -2.59. The SMILES string of the molecule is CC1(OCc2c(F)cccc2C(C(=O)O)N2CCC(OCCCCc3ccc4c(n3)NCCC4)C2)COC1. The number of nitrogens with one attached hydrogen (secondary N) is 1. The molecule has 9 heteroatoms. The number of carboxylic acid groups (broad SMARTS) is 1. The van der Waals surface area contributed by atoms with E-state index >= 15 is 0 Å². The molecule has 3 aliphatic heterocycles. The third-order valence-electron chi connectivity index (χ3n) is 7.74. The van der Waals surface area contributed by atoms with E-state index in [4.69, 9.17) is 19.2 Å². The fraction of sp³-hybridized carbons (Fsp3) is 0.586. The third kappa shape index (κ3) is 6.34. The minimum absolute atomic E-state index is 0.00849. The Balaban J connectivity index is 1.12. The van der Waals surface area contributed by atoms with Crippen LogP contribution < -0.4 is 5.32 Å². The lowest BCUT2D eigenvalue weighted by atomic mass is 9.98.